The summed E-state index contributed by atoms with van der Waals surface area (Å²) < 4.78 is 16.9. The van der Waals surface area contributed by atoms with Crippen LogP contribution < -0.4 is 0 Å². The molecule has 0 N–H and O–H groups in total. The van der Waals surface area contributed by atoms with Crippen LogP contribution in [-0.2, 0) is 9.09 Å². The topological polar surface area (TPSA) is 69.4 Å². The van der Waals surface area contributed by atoms with Gasteiger partial charge in [0.2, 0.25) is 0 Å². The molecule has 0 spiro atoms. The summed E-state index contributed by atoms with van der Waals surface area (Å²) in [6.45, 7) is 0.977. The second-order valence-electron chi connectivity index (χ2n) is 3.03. The Hall–Kier alpha value is -0.840. The first-order valence-electron chi connectivity index (χ1n) is 4.60. The summed E-state index contributed by atoms with van der Waals surface area (Å²) in [6, 6.07) is 5.90. The van der Waals surface area contributed by atoms with Crippen molar-refractivity contribution in [3.63, 3.8) is 0 Å². The van der Waals surface area contributed by atoms with E-state index in [2.05, 4.69) is 0 Å². The van der Waals surface area contributed by atoms with Crippen molar-refractivity contribution in [2.75, 3.05) is 13.3 Å². The van der Waals surface area contributed by atoms with Gasteiger partial charge in [-0.1, -0.05) is 0 Å². The molecule has 1 rings (SSSR count). The number of non-ortho nitro benzene ring substituents is 1. The van der Waals surface area contributed by atoms with Crippen molar-refractivity contribution in [2.24, 2.45) is 0 Å². The highest BCUT2D eigenvalue weighted by molar-refractivity contribution is 8.56. The molecule has 0 saturated heterocycles. The van der Waals surface area contributed by atoms with Crippen LogP contribution in [0.25, 0.3) is 0 Å². The van der Waals surface area contributed by atoms with Crippen molar-refractivity contribution in [1.82, 2.24) is 0 Å². The molecule has 0 saturated carbocycles. The van der Waals surface area contributed by atoms with Gasteiger partial charge in [0.1, 0.15) is 0 Å². The number of hydrogen-bond acceptors (Lipinski definition) is 5. The molecule has 0 heterocycles. The first kappa shape index (κ1) is 13.2. The third kappa shape index (κ3) is 3.96. The molecule has 0 aliphatic heterocycles. The van der Waals surface area contributed by atoms with Crippen LogP contribution in [0.5, 0.6) is 0 Å². The van der Waals surface area contributed by atoms with E-state index in [1.165, 1.54) is 18.8 Å². The van der Waals surface area contributed by atoms with E-state index in [1.807, 2.05) is 0 Å². The summed E-state index contributed by atoms with van der Waals surface area (Å²) in [7, 11) is 0. The normalized spacial score (nSPS) is 14.4. The minimum atomic E-state index is -2.71. The van der Waals surface area contributed by atoms with Gasteiger partial charge in [0, 0.05) is 23.7 Å². The maximum atomic E-state index is 11.8. The van der Waals surface area contributed by atoms with Gasteiger partial charge in [-0.25, -0.2) is 0 Å². The first-order valence-corrected chi connectivity index (χ1v) is 8.10. The SMILES string of the molecule is CCOP(C)(=O)Sc1ccc([N+](=O)[O-])cc1. The van der Waals surface area contributed by atoms with Crippen LogP contribution in [0.15, 0.2) is 29.2 Å². The second-order valence-corrected chi connectivity index (χ2v) is 8.02. The quantitative estimate of drug-likeness (QED) is 0.460. The number of nitro groups is 1. The van der Waals surface area contributed by atoms with Gasteiger partial charge in [-0.2, -0.15) is 0 Å². The Morgan fingerprint density at radius 2 is 2.00 bits per heavy atom. The second kappa shape index (κ2) is 5.48. The Morgan fingerprint density at radius 3 is 2.44 bits per heavy atom. The molecule has 7 heteroatoms. The molecule has 1 aromatic rings. The predicted octanol–water partition coefficient (Wildman–Crippen LogP) is 3.55. The van der Waals surface area contributed by atoms with Gasteiger partial charge >= 0.3 is 0 Å². The molecule has 16 heavy (non-hydrogen) atoms. The van der Waals surface area contributed by atoms with Crippen LogP contribution in [-0.4, -0.2) is 18.2 Å². The number of benzene rings is 1. The fourth-order valence-corrected chi connectivity index (χ4v) is 4.23. The molecule has 0 aliphatic carbocycles. The first-order chi connectivity index (χ1) is 7.44. The third-order valence-corrected chi connectivity index (χ3v) is 5.17. The lowest BCUT2D eigenvalue weighted by Crippen LogP contribution is -1.87. The van der Waals surface area contributed by atoms with E-state index >= 15 is 0 Å². The summed E-state index contributed by atoms with van der Waals surface area (Å²) in [6.07, 6.45) is 0. The highest BCUT2D eigenvalue weighted by Crippen LogP contribution is 2.59. The Kier molecular flexibility index (Phi) is 4.53. The molecule has 0 bridgehead atoms. The van der Waals surface area contributed by atoms with E-state index in [-0.39, 0.29) is 5.69 Å². The molecule has 0 fully saturated rings. The Bertz CT molecular complexity index is 420. The van der Waals surface area contributed by atoms with E-state index in [0.717, 1.165) is 11.4 Å². The zero-order valence-corrected chi connectivity index (χ0v) is 10.7. The number of nitro benzene ring substituents is 1. The van der Waals surface area contributed by atoms with Crippen molar-refractivity contribution < 1.29 is 14.0 Å². The standard InChI is InChI=1S/C9H12NO4PS/c1-3-14-15(2,13)16-9-6-4-8(5-7-9)10(11)12/h4-7H,3H2,1-2H3. The molecule has 0 amide bonds. The van der Waals surface area contributed by atoms with Crippen molar-refractivity contribution in [2.45, 2.75) is 11.8 Å². The molecule has 1 atom stereocenters. The zero-order chi connectivity index (χ0) is 12.2. The van der Waals surface area contributed by atoms with E-state index in [9.17, 15) is 14.7 Å². The lowest BCUT2D eigenvalue weighted by atomic mass is 10.3. The van der Waals surface area contributed by atoms with Gasteiger partial charge in [0.15, 0.2) is 0 Å². The molecule has 1 aromatic carbocycles. The molecule has 0 aliphatic rings. The number of rotatable bonds is 5. The molecule has 0 radical (unpaired) electrons. The van der Waals surface area contributed by atoms with Crippen molar-refractivity contribution in [3.8, 4) is 0 Å². The minimum Gasteiger partial charge on any atom is -0.321 e. The summed E-state index contributed by atoms with van der Waals surface area (Å²) in [5, 5.41) is 10.4. The smallest absolute Gasteiger partial charge is 0.269 e. The molecular weight excluding hydrogens is 249 g/mol. The van der Waals surface area contributed by atoms with E-state index in [1.54, 1.807) is 19.1 Å². The summed E-state index contributed by atoms with van der Waals surface area (Å²) >= 11 is 1.10. The monoisotopic (exact) mass is 261 g/mol. The lowest BCUT2D eigenvalue weighted by molar-refractivity contribution is -0.384. The van der Waals surface area contributed by atoms with Crippen LogP contribution in [0.2, 0.25) is 0 Å². The highest BCUT2D eigenvalue weighted by atomic mass is 32.7. The van der Waals surface area contributed by atoms with Crippen molar-refractivity contribution >= 4 is 23.6 Å². The van der Waals surface area contributed by atoms with E-state index in [0.29, 0.717) is 11.5 Å². The van der Waals surface area contributed by atoms with E-state index in [4.69, 9.17) is 4.52 Å². The van der Waals surface area contributed by atoms with Gasteiger partial charge < -0.3 is 4.52 Å². The van der Waals surface area contributed by atoms with Crippen LogP contribution >= 0.6 is 18.0 Å². The number of hydrogen-bond donors (Lipinski definition) is 0. The average Bonchev–Trinajstić information content (AvgIpc) is 2.17. The van der Waals surface area contributed by atoms with Crippen molar-refractivity contribution in [1.29, 1.82) is 0 Å². The summed E-state index contributed by atoms with van der Waals surface area (Å²) in [4.78, 5) is 10.6. The fourth-order valence-electron chi connectivity index (χ4n) is 1.08. The average molecular weight is 261 g/mol. The highest BCUT2D eigenvalue weighted by Gasteiger charge is 2.17. The summed E-state index contributed by atoms with van der Waals surface area (Å²) in [5.41, 5.74) is 0.0201. The van der Waals surface area contributed by atoms with Crippen LogP contribution in [0.4, 0.5) is 5.69 Å². The Labute approximate surface area is 97.5 Å². The van der Waals surface area contributed by atoms with Gasteiger partial charge in [0.25, 0.3) is 12.3 Å². The van der Waals surface area contributed by atoms with Crippen LogP contribution in [0.1, 0.15) is 6.92 Å². The Balaban J connectivity index is 2.76. The maximum Gasteiger partial charge on any atom is 0.269 e. The fraction of sp³-hybridized carbons (Fsp3) is 0.333. The van der Waals surface area contributed by atoms with E-state index < -0.39 is 11.5 Å². The van der Waals surface area contributed by atoms with Crippen LogP contribution in [0.3, 0.4) is 0 Å². The zero-order valence-electron chi connectivity index (χ0n) is 8.95. The molecule has 5 nitrogen and oxygen atoms in total. The molecular formula is C9H12NO4PS. The molecule has 1 unspecified atom stereocenters. The predicted molar refractivity (Wildman–Crippen MR) is 64.1 cm³/mol. The van der Waals surface area contributed by atoms with Gasteiger partial charge in [0.05, 0.1) is 11.5 Å². The van der Waals surface area contributed by atoms with Crippen LogP contribution in [0, 0.1) is 10.1 Å². The molecule has 0 aromatic heterocycles. The summed E-state index contributed by atoms with van der Waals surface area (Å²) in [5.74, 6) is 0. The van der Waals surface area contributed by atoms with Gasteiger partial charge in [-0.05, 0) is 30.4 Å². The number of nitrogens with zero attached hydrogens (tertiary/aromatic N) is 1. The minimum absolute atomic E-state index is 0.0201. The van der Waals surface area contributed by atoms with Gasteiger partial charge in [-0.3, -0.25) is 14.7 Å². The molecule has 88 valence electrons. The van der Waals surface area contributed by atoms with Gasteiger partial charge in [-0.15, -0.1) is 0 Å². The third-order valence-electron chi connectivity index (χ3n) is 1.68. The maximum absolute atomic E-state index is 11.8. The Morgan fingerprint density at radius 1 is 1.44 bits per heavy atom. The largest absolute Gasteiger partial charge is 0.321 e. The lowest BCUT2D eigenvalue weighted by Gasteiger charge is -2.10. The van der Waals surface area contributed by atoms with Crippen molar-refractivity contribution in [3.05, 3.63) is 34.4 Å².